The molecule has 2 heteroatoms. The summed E-state index contributed by atoms with van der Waals surface area (Å²) in [7, 11) is 0. The topological polar surface area (TPSA) is 15.3 Å². The molecule has 1 fully saturated rings. The van der Waals surface area contributed by atoms with E-state index in [1.165, 1.54) is 49.9 Å². The standard InChI is InChI=1S/C19H32N2/c1-4-12-20-19(18-9-7-6-8-16(18)3)15-21-13-10-17(5-2)11-14-21/h6-9,17,19-20H,4-5,10-15H2,1-3H3. The lowest BCUT2D eigenvalue weighted by molar-refractivity contribution is 0.166. The molecule has 1 heterocycles. The van der Waals surface area contributed by atoms with Gasteiger partial charge < -0.3 is 10.2 Å². The Hall–Kier alpha value is -0.860. The first-order valence-corrected chi connectivity index (χ1v) is 8.75. The van der Waals surface area contributed by atoms with Gasteiger partial charge in [0.2, 0.25) is 0 Å². The van der Waals surface area contributed by atoms with Crippen LogP contribution in [0.5, 0.6) is 0 Å². The Balaban J connectivity index is 1.98. The highest BCUT2D eigenvalue weighted by Crippen LogP contribution is 2.24. The maximum absolute atomic E-state index is 3.76. The Morgan fingerprint density at radius 1 is 1.19 bits per heavy atom. The molecule has 21 heavy (non-hydrogen) atoms. The fourth-order valence-corrected chi connectivity index (χ4v) is 3.40. The molecule has 0 saturated carbocycles. The van der Waals surface area contributed by atoms with Gasteiger partial charge in [0.25, 0.3) is 0 Å². The van der Waals surface area contributed by atoms with E-state index in [1.54, 1.807) is 0 Å². The highest BCUT2D eigenvalue weighted by atomic mass is 15.2. The van der Waals surface area contributed by atoms with E-state index in [2.05, 4.69) is 55.3 Å². The highest BCUT2D eigenvalue weighted by Gasteiger charge is 2.21. The van der Waals surface area contributed by atoms with Gasteiger partial charge in [0.05, 0.1) is 0 Å². The Labute approximate surface area is 130 Å². The third-order valence-corrected chi connectivity index (χ3v) is 4.93. The summed E-state index contributed by atoms with van der Waals surface area (Å²) < 4.78 is 0. The molecule has 0 aromatic heterocycles. The molecule has 0 radical (unpaired) electrons. The van der Waals surface area contributed by atoms with Crippen molar-refractivity contribution in [3.63, 3.8) is 0 Å². The lowest BCUT2D eigenvalue weighted by Crippen LogP contribution is -2.40. The van der Waals surface area contributed by atoms with E-state index in [1.807, 2.05) is 0 Å². The van der Waals surface area contributed by atoms with Crippen LogP contribution in [0.1, 0.15) is 56.7 Å². The summed E-state index contributed by atoms with van der Waals surface area (Å²) in [5, 5.41) is 3.76. The molecule has 1 atom stereocenters. The number of piperidine rings is 1. The summed E-state index contributed by atoms with van der Waals surface area (Å²) >= 11 is 0. The third-order valence-electron chi connectivity index (χ3n) is 4.93. The molecule has 2 nitrogen and oxygen atoms in total. The fourth-order valence-electron chi connectivity index (χ4n) is 3.40. The Morgan fingerprint density at radius 3 is 2.52 bits per heavy atom. The summed E-state index contributed by atoms with van der Waals surface area (Å²) in [4.78, 5) is 2.66. The van der Waals surface area contributed by atoms with Crippen LogP contribution in [0.3, 0.4) is 0 Å². The zero-order valence-electron chi connectivity index (χ0n) is 14.1. The van der Waals surface area contributed by atoms with Crippen LogP contribution in [0.2, 0.25) is 0 Å². The molecule has 118 valence electrons. The van der Waals surface area contributed by atoms with E-state index in [4.69, 9.17) is 0 Å². The van der Waals surface area contributed by atoms with Crippen LogP contribution in [0, 0.1) is 12.8 Å². The molecule has 1 saturated heterocycles. The van der Waals surface area contributed by atoms with E-state index in [9.17, 15) is 0 Å². The zero-order chi connectivity index (χ0) is 15.1. The van der Waals surface area contributed by atoms with E-state index in [-0.39, 0.29) is 0 Å². The average molecular weight is 288 g/mol. The van der Waals surface area contributed by atoms with Gasteiger partial charge >= 0.3 is 0 Å². The molecule has 1 aliphatic heterocycles. The van der Waals surface area contributed by atoms with E-state index >= 15 is 0 Å². The second-order valence-corrected chi connectivity index (χ2v) is 6.52. The zero-order valence-corrected chi connectivity index (χ0v) is 14.1. The molecule has 0 bridgehead atoms. The quantitative estimate of drug-likeness (QED) is 0.810. The second kappa shape index (κ2) is 8.55. The van der Waals surface area contributed by atoms with Gasteiger partial charge in [-0.15, -0.1) is 0 Å². The number of benzene rings is 1. The largest absolute Gasteiger partial charge is 0.309 e. The monoisotopic (exact) mass is 288 g/mol. The number of rotatable bonds is 7. The van der Waals surface area contributed by atoms with Crippen LogP contribution < -0.4 is 5.32 Å². The summed E-state index contributed by atoms with van der Waals surface area (Å²) in [6, 6.07) is 9.32. The molecule has 1 unspecified atom stereocenters. The van der Waals surface area contributed by atoms with Gasteiger partial charge in [-0.05, 0) is 62.9 Å². The first kappa shape index (κ1) is 16.5. The summed E-state index contributed by atoms with van der Waals surface area (Å²) in [6.07, 6.45) is 5.30. The summed E-state index contributed by atoms with van der Waals surface area (Å²) in [5.74, 6) is 0.960. The molecule has 1 aromatic rings. The number of likely N-dealkylation sites (tertiary alicyclic amines) is 1. The summed E-state index contributed by atoms with van der Waals surface area (Å²) in [6.45, 7) is 11.6. The van der Waals surface area contributed by atoms with Gasteiger partial charge in [0, 0.05) is 12.6 Å². The lowest BCUT2D eigenvalue weighted by atomic mass is 9.93. The Bertz CT molecular complexity index is 408. The molecule has 2 rings (SSSR count). The van der Waals surface area contributed by atoms with Crippen molar-refractivity contribution in [1.29, 1.82) is 0 Å². The minimum absolute atomic E-state index is 0.476. The second-order valence-electron chi connectivity index (χ2n) is 6.52. The van der Waals surface area contributed by atoms with Crippen molar-refractivity contribution in [3.8, 4) is 0 Å². The number of nitrogens with one attached hydrogen (secondary N) is 1. The van der Waals surface area contributed by atoms with Gasteiger partial charge in [-0.1, -0.05) is 44.5 Å². The predicted octanol–water partition coefficient (Wildman–Crippen LogP) is 4.16. The number of nitrogens with zero attached hydrogens (tertiary/aromatic N) is 1. The molecule has 0 amide bonds. The van der Waals surface area contributed by atoms with E-state index < -0.39 is 0 Å². The van der Waals surface area contributed by atoms with Crippen molar-refractivity contribution >= 4 is 0 Å². The molecule has 0 aliphatic carbocycles. The maximum Gasteiger partial charge on any atom is 0.0451 e. The van der Waals surface area contributed by atoms with Crippen molar-refractivity contribution in [1.82, 2.24) is 10.2 Å². The molecular formula is C19H32N2. The van der Waals surface area contributed by atoms with Gasteiger partial charge in [0.1, 0.15) is 0 Å². The van der Waals surface area contributed by atoms with E-state index in [0.29, 0.717) is 6.04 Å². The highest BCUT2D eigenvalue weighted by molar-refractivity contribution is 5.29. The van der Waals surface area contributed by atoms with Crippen LogP contribution in [-0.2, 0) is 0 Å². The summed E-state index contributed by atoms with van der Waals surface area (Å²) in [5.41, 5.74) is 2.89. The third kappa shape index (κ3) is 4.82. The van der Waals surface area contributed by atoms with Crippen molar-refractivity contribution in [2.45, 2.75) is 52.5 Å². The van der Waals surface area contributed by atoms with Gasteiger partial charge in [-0.3, -0.25) is 0 Å². The van der Waals surface area contributed by atoms with Crippen LogP contribution in [0.4, 0.5) is 0 Å². The Kier molecular flexibility index (Phi) is 6.72. The molecule has 0 spiro atoms. The van der Waals surface area contributed by atoms with E-state index in [0.717, 1.165) is 19.0 Å². The molecule has 1 N–H and O–H groups in total. The molecule has 1 aliphatic rings. The van der Waals surface area contributed by atoms with Crippen molar-refractivity contribution in [2.75, 3.05) is 26.2 Å². The molecule has 1 aromatic carbocycles. The van der Waals surface area contributed by atoms with Crippen LogP contribution in [0.25, 0.3) is 0 Å². The first-order chi connectivity index (χ1) is 10.2. The Morgan fingerprint density at radius 2 is 1.90 bits per heavy atom. The van der Waals surface area contributed by atoms with Gasteiger partial charge in [-0.2, -0.15) is 0 Å². The smallest absolute Gasteiger partial charge is 0.0451 e. The minimum Gasteiger partial charge on any atom is -0.309 e. The van der Waals surface area contributed by atoms with Gasteiger partial charge in [0.15, 0.2) is 0 Å². The number of hydrogen-bond acceptors (Lipinski definition) is 2. The molecular weight excluding hydrogens is 256 g/mol. The van der Waals surface area contributed by atoms with Crippen molar-refractivity contribution in [3.05, 3.63) is 35.4 Å². The fraction of sp³-hybridized carbons (Fsp3) is 0.684. The predicted molar refractivity (Wildman–Crippen MR) is 91.7 cm³/mol. The lowest BCUT2D eigenvalue weighted by Gasteiger charge is -2.34. The number of aryl methyl sites for hydroxylation is 1. The minimum atomic E-state index is 0.476. The van der Waals surface area contributed by atoms with Crippen molar-refractivity contribution < 1.29 is 0 Å². The first-order valence-electron chi connectivity index (χ1n) is 8.75. The van der Waals surface area contributed by atoms with Crippen LogP contribution in [0.15, 0.2) is 24.3 Å². The number of hydrogen-bond donors (Lipinski definition) is 1. The van der Waals surface area contributed by atoms with Crippen LogP contribution >= 0.6 is 0 Å². The maximum atomic E-state index is 3.76. The van der Waals surface area contributed by atoms with Crippen LogP contribution in [-0.4, -0.2) is 31.1 Å². The average Bonchev–Trinajstić information content (AvgIpc) is 2.53. The normalized spacial score (nSPS) is 18.8. The SMILES string of the molecule is CCCNC(CN1CCC(CC)CC1)c1ccccc1C. The van der Waals surface area contributed by atoms with Gasteiger partial charge in [-0.25, -0.2) is 0 Å². The van der Waals surface area contributed by atoms with Crippen molar-refractivity contribution in [2.24, 2.45) is 5.92 Å².